The molecule has 0 radical (unpaired) electrons. The quantitative estimate of drug-likeness (QED) is 0.480. The van der Waals surface area contributed by atoms with E-state index < -0.39 is 0 Å². The van der Waals surface area contributed by atoms with E-state index in [9.17, 15) is 0 Å². The van der Waals surface area contributed by atoms with E-state index in [1.807, 2.05) is 6.20 Å². The van der Waals surface area contributed by atoms with Crippen LogP contribution in [0.1, 0.15) is 25.1 Å². The Morgan fingerprint density at radius 3 is 3.27 bits per heavy atom. The summed E-state index contributed by atoms with van der Waals surface area (Å²) in [6.07, 6.45) is 9.42. The number of rotatable bonds is 0. The zero-order valence-electron chi connectivity index (χ0n) is 6.71. The van der Waals surface area contributed by atoms with Gasteiger partial charge in [0, 0.05) is 6.42 Å². The number of aromatic amines is 1. The van der Waals surface area contributed by atoms with Crippen molar-refractivity contribution in [1.29, 1.82) is 0 Å². The third kappa shape index (κ3) is 1.39. The zero-order valence-corrected chi connectivity index (χ0v) is 6.71. The zero-order chi connectivity index (χ0) is 7.52. The van der Waals surface area contributed by atoms with E-state index in [1.54, 1.807) is 0 Å². The van der Waals surface area contributed by atoms with Gasteiger partial charge in [-0.3, -0.25) is 0 Å². The highest BCUT2D eigenvalue weighted by molar-refractivity contribution is 4.71. The molecule has 0 spiro atoms. The second kappa shape index (κ2) is 2.99. The van der Waals surface area contributed by atoms with Crippen molar-refractivity contribution in [2.24, 2.45) is 0 Å². The first kappa shape index (κ1) is 6.77. The number of hydrogen-bond acceptors (Lipinski definition) is 0. The Morgan fingerprint density at radius 1 is 1.27 bits per heavy atom. The average Bonchev–Trinajstić information content (AvgIpc) is 2.28. The van der Waals surface area contributed by atoms with Gasteiger partial charge in [0.2, 0.25) is 0 Å². The Bertz CT molecular complexity index is 220. The monoisotopic (exact) mass is 150 g/mol. The van der Waals surface area contributed by atoms with Crippen LogP contribution in [0.3, 0.4) is 0 Å². The van der Waals surface area contributed by atoms with Gasteiger partial charge in [0.15, 0.2) is 18.9 Å². The largest absolute Gasteiger partial charge is 0.416 e. The molecule has 0 atom stereocenters. The van der Waals surface area contributed by atoms with Gasteiger partial charge in [-0.2, -0.15) is 4.98 Å². The summed E-state index contributed by atoms with van der Waals surface area (Å²) in [5.74, 6) is 1.38. The minimum atomic E-state index is 1.19. The topological polar surface area (TPSA) is 18.0 Å². The summed E-state index contributed by atoms with van der Waals surface area (Å²) in [6.45, 7) is 1.19. The van der Waals surface area contributed by atoms with Gasteiger partial charge < -0.3 is 0 Å². The maximum absolute atomic E-state index is 3.29. The molecule has 11 heavy (non-hydrogen) atoms. The lowest BCUT2D eigenvalue weighted by Crippen LogP contribution is -2.42. The fraction of sp³-hybridized carbons (Fsp3) is 0.556. The predicted octanol–water partition coefficient (Wildman–Crippen LogP) is 0.515. The van der Waals surface area contributed by atoms with Crippen molar-refractivity contribution in [3.05, 3.63) is 24.3 Å². The Balaban J connectivity index is 2.33. The average molecular weight is 150 g/mol. The molecular formula is C9H14N2+2. The number of aromatic nitrogens is 2. The van der Waals surface area contributed by atoms with Crippen molar-refractivity contribution < 1.29 is 9.55 Å². The molecule has 2 heteroatoms. The van der Waals surface area contributed by atoms with Gasteiger partial charge in [-0.05, 0) is 12.8 Å². The minimum absolute atomic E-state index is 1.19. The predicted molar refractivity (Wildman–Crippen MR) is 40.7 cm³/mol. The van der Waals surface area contributed by atoms with Crippen molar-refractivity contribution in [3.63, 3.8) is 0 Å². The second-order valence-corrected chi connectivity index (χ2v) is 3.10. The van der Waals surface area contributed by atoms with E-state index in [2.05, 4.69) is 21.8 Å². The van der Waals surface area contributed by atoms with Crippen LogP contribution in [-0.2, 0) is 13.0 Å². The number of H-pyrrole nitrogens is 1. The summed E-state index contributed by atoms with van der Waals surface area (Å²) in [4.78, 5) is 3.29. The maximum atomic E-state index is 3.29. The molecule has 2 heterocycles. The summed E-state index contributed by atoms with van der Waals surface area (Å²) in [7, 11) is 0. The van der Waals surface area contributed by atoms with E-state index in [-0.39, 0.29) is 0 Å². The molecule has 0 unspecified atom stereocenters. The Kier molecular flexibility index (Phi) is 1.84. The molecule has 2 rings (SSSR count). The number of nitrogens with one attached hydrogen (secondary N) is 1. The summed E-state index contributed by atoms with van der Waals surface area (Å²) < 4.78 is 2.33. The standard InChI is InChI=1S/C9H13N2/c1-2-5-9-10-6-4-8-11(9)7-3-1/h4,6,8H,1-3,5,7H2/q+1/p+1. The van der Waals surface area contributed by atoms with E-state index in [0.717, 1.165) is 0 Å². The second-order valence-electron chi connectivity index (χ2n) is 3.10. The normalized spacial score (nSPS) is 17.1. The van der Waals surface area contributed by atoms with Gasteiger partial charge in [0.1, 0.15) is 0 Å². The lowest BCUT2D eigenvalue weighted by Gasteiger charge is -1.89. The molecule has 1 aromatic heterocycles. The van der Waals surface area contributed by atoms with Crippen molar-refractivity contribution in [2.75, 3.05) is 0 Å². The van der Waals surface area contributed by atoms with Gasteiger partial charge in [-0.1, -0.05) is 0 Å². The first-order chi connectivity index (χ1) is 5.47. The molecule has 1 aromatic rings. The van der Waals surface area contributed by atoms with Gasteiger partial charge in [-0.25, -0.2) is 0 Å². The van der Waals surface area contributed by atoms with E-state index >= 15 is 0 Å². The van der Waals surface area contributed by atoms with Crippen LogP contribution in [0.25, 0.3) is 0 Å². The van der Waals surface area contributed by atoms with Crippen LogP contribution in [0.5, 0.6) is 0 Å². The fourth-order valence-electron chi connectivity index (χ4n) is 1.64. The van der Waals surface area contributed by atoms with Crippen LogP contribution in [0.2, 0.25) is 0 Å². The SMILES string of the molecule is c1c[nH+]c2[n+](c1)CCCCC2. The molecule has 0 aromatic carbocycles. The molecule has 0 bridgehead atoms. The Labute approximate surface area is 66.9 Å². The fourth-order valence-corrected chi connectivity index (χ4v) is 1.64. The first-order valence-corrected chi connectivity index (χ1v) is 4.36. The van der Waals surface area contributed by atoms with Crippen molar-refractivity contribution >= 4 is 0 Å². The van der Waals surface area contributed by atoms with E-state index in [4.69, 9.17) is 0 Å². The molecule has 0 saturated carbocycles. The molecule has 2 nitrogen and oxygen atoms in total. The molecule has 0 amide bonds. The Morgan fingerprint density at radius 2 is 2.27 bits per heavy atom. The summed E-state index contributed by atoms with van der Waals surface area (Å²) >= 11 is 0. The number of nitrogens with zero attached hydrogens (tertiary/aromatic N) is 1. The summed E-state index contributed by atoms with van der Waals surface area (Å²) in [5.41, 5.74) is 0. The van der Waals surface area contributed by atoms with Gasteiger partial charge in [0.25, 0.3) is 0 Å². The highest BCUT2D eigenvalue weighted by Crippen LogP contribution is 2.03. The highest BCUT2D eigenvalue weighted by atomic mass is 15.0. The van der Waals surface area contributed by atoms with Crippen LogP contribution in [0, 0.1) is 0 Å². The van der Waals surface area contributed by atoms with Crippen LogP contribution >= 0.6 is 0 Å². The van der Waals surface area contributed by atoms with Crippen LogP contribution in [0.15, 0.2) is 18.5 Å². The number of hydrogen-bond donors (Lipinski definition) is 0. The van der Waals surface area contributed by atoms with Crippen molar-refractivity contribution in [3.8, 4) is 0 Å². The molecule has 1 aliphatic rings. The third-order valence-electron chi connectivity index (χ3n) is 2.27. The number of aryl methyl sites for hydroxylation is 2. The molecule has 1 aliphatic heterocycles. The lowest BCUT2D eigenvalue weighted by molar-refractivity contribution is -0.756. The van der Waals surface area contributed by atoms with Crippen molar-refractivity contribution in [1.82, 2.24) is 0 Å². The molecule has 0 saturated heterocycles. The summed E-state index contributed by atoms with van der Waals surface area (Å²) in [5, 5.41) is 0. The van der Waals surface area contributed by atoms with E-state index in [0.29, 0.717) is 0 Å². The maximum Gasteiger partial charge on any atom is 0.416 e. The Hall–Kier alpha value is -0.920. The molecule has 0 aliphatic carbocycles. The number of fused-ring (bicyclic) bond motifs is 1. The smallest absolute Gasteiger partial charge is 0.159 e. The highest BCUT2D eigenvalue weighted by Gasteiger charge is 2.18. The molecule has 0 fully saturated rings. The van der Waals surface area contributed by atoms with Crippen LogP contribution < -0.4 is 9.55 Å². The minimum Gasteiger partial charge on any atom is -0.159 e. The van der Waals surface area contributed by atoms with Gasteiger partial charge in [0.05, 0.1) is 12.5 Å². The van der Waals surface area contributed by atoms with Gasteiger partial charge >= 0.3 is 5.82 Å². The third-order valence-corrected chi connectivity index (χ3v) is 2.27. The van der Waals surface area contributed by atoms with Gasteiger partial charge in [-0.15, -0.1) is 4.57 Å². The molecule has 58 valence electrons. The van der Waals surface area contributed by atoms with Crippen LogP contribution in [0.4, 0.5) is 0 Å². The molecule has 1 N–H and O–H groups in total. The molecular weight excluding hydrogens is 136 g/mol. The van der Waals surface area contributed by atoms with Crippen molar-refractivity contribution in [2.45, 2.75) is 32.2 Å². The first-order valence-electron chi connectivity index (χ1n) is 4.36. The summed E-state index contributed by atoms with van der Waals surface area (Å²) in [6, 6.07) is 2.06. The van der Waals surface area contributed by atoms with E-state index in [1.165, 1.54) is 38.1 Å². The lowest BCUT2D eigenvalue weighted by atomic mass is 10.2. The van der Waals surface area contributed by atoms with Crippen LogP contribution in [-0.4, -0.2) is 0 Å².